The second-order valence-corrected chi connectivity index (χ2v) is 2.87. The highest BCUT2D eigenvalue weighted by atomic mass is 16.5. The molecule has 0 aromatic rings. The summed E-state index contributed by atoms with van der Waals surface area (Å²) in [4.78, 5) is 0. The van der Waals surface area contributed by atoms with Crippen LogP contribution in [0.25, 0.3) is 0 Å². The first-order valence-electron chi connectivity index (χ1n) is 3.30. The van der Waals surface area contributed by atoms with Gasteiger partial charge in [-0.3, -0.25) is 0 Å². The van der Waals surface area contributed by atoms with Gasteiger partial charge in [-0.05, 0) is 12.3 Å². The van der Waals surface area contributed by atoms with E-state index in [0.717, 1.165) is 6.42 Å². The number of β-amino-alcohol motifs (C(OH)–C–C–N with tert-alkyl or cyclic N) is 1. The van der Waals surface area contributed by atoms with Crippen LogP contribution in [-0.4, -0.2) is 34.6 Å². The lowest BCUT2D eigenvalue weighted by molar-refractivity contribution is -0.145. The van der Waals surface area contributed by atoms with E-state index in [4.69, 9.17) is 10.3 Å². The van der Waals surface area contributed by atoms with Gasteiger partial charge in [0.1, 0.15) is 0 Å². The molecule has 0 amide bonds. The van der Waals surface area contributed by atoms with E-state index in [1.54, 1.807) is 0 Å². The van der Waals surface area contributed by atoms with Gasteiger partial charge in [0.15, 0.2) is 0 Å². The number of hydrogen-bond donors (Lipinski definition) is 2. The zero-order chi connectivity index (χ0) is 6.85. The van der Waals surface area contributed by atoms with E-state index in [1.807, 2.05) is 6.92 Å². The molecule has 9 heavy (non-hydrogen) atoms. The molecule has 1 unspecified atom stereocenters. The maximum absolute atomic E-state index is 9.05. The quantitative estimate of drug-likeness (QED) is 0.489. The van der Waals surface area contributed by atoms with Crippen LogP contribution >= 0.6 is 0 Å². The van der Waals surface area contributed by atoms with Crippen molar-refractivity contribution >= 4 is 0 Å². The van der Waals surface area contributed by atoms with Gasteiger partial charge < -0.3 is 10.3 Å². The van der Waals surface area contributed by atoms with Crippen LogP contribution < -0.4 is 0 Å². The largest absolute Gasteiger partial charge is 0.392 e. The second kappa shape index (κ2) is 2.64. The summed E-state index contributed by atoms with van der Waals surface area (Å²) in [5.74, 6) is 0.416. The highest BCUT2D eigenvalue weighted by Crippen LogP contribution is 2.13. The van der Waals surface area contributed by atoms with Crippen molar-refractivity contribution in [2.75, 3.05) is 13.1 Å². The van der Waals surface area contributed by atoms with Crippen molar-refractivity contribution < 1.29 is 10.3 Å². The summed E-state index contributed by atoms with van der Waals surface area (Å²) in [6.07, 6.45) is 0.482. The Morgan fingerprint density at radius 2 is 2.11 bits per heavy atom. The number of nitrogens with zero attached hydrogens (tertiary/aromatic N) is 1. The molecule has 0 aromatic carbocycles. The van der Waals surface area contributed by atoms with Gasteiger partial charge in [-0.2, -0.15) is 5.06 Å². The van der Waals surface area contributed by atoms with Crippen molar-refractivity contribution in [3.63, 3.8) is 0 Å². The van der Waals surface area contributed by atoms with Crippen LogP contribution in [-0.2, 0) is 0 Å². The van der Waals surface area contributed by atoms with Crippen molar-refractivity contribution in [2.24, 2.45) is 5.92 Å². The third-order valence-electron chi connectivity index (χ3n) is 1.62. The van der Waals surface area contributed by atoms with E-state index < -0.39 is 0 Å². The van der Waals surface area contributed by atoms with Crippen LogP contribution in [0.2, 0.25) is 0 Å². The third-order valence-corrected chi connectivity index (χ3v) is 1.62. The minimum Gasteiger partial charge on any atom is -0.392 e. The average molecular weight is 131 g/mol. The molecule has 2 N–H and O–H groups in total. The Labute approximate surface area is 54.9 Å². The molecule has 3 nitrogen and oxygen atoms in total. The van der Waals surface area contributed by atoms with Crippen LogP contribution in [0.3, 0.4) is 0 Å². The maximum Gasteiger partial charge on any atom is 0.0693 e. The first kappa shape index (κ1) is 6.99. The van der Waals surface area contributed by atoms with E-state index in [0.29, 0.717) is 19.0 Å². The van der Waals surface area contributed by atoms with Crippen LogP contribution in [0.4, 0.5) is 0 Å². The molecule has 3 heteroatoms. The molecule has 1 rings (SSSR count). The van der Waals surface area contributed by atoms with E-state index >= 15 is 0 Å². The Bertz CT molecular complexity index is 72.0. The van der Waals surface area contributed by atoms with E-state index in [9.17, 15) is 0 Å². The zero-order valence-corrected chi connectivity index (χ0v) is 5.62. The molecule has 0 bridgehead atoms. The number of piperidine rings is 1. The summed E-state index contributed by atoms with van der Waals surface area (Å²) < 4.78 is 0. The zero-order valence-electron chi connectivity index (χ0n) is 5.62. The lowest BCUT2D eigenvalue weighted by Crippen LogP contribution is -2.40. The maximum atomic E-state index is 9.05. The average Bonchev–Trinajstić information content (AvgIpc) is 1.59. The van der Waals surface area contributed by atoms with Gasteiger partial charge in [0.05, 0.1) is 6.10 Å². The monoisotopic (exact) mass is 131 g/mol. The molecule has 54 valence electrons. The first-order chi connectivity index (χ1) is 4.18. The van der Waals surface area contributed by atoms with Gasteiger partial charge in [-0.25, -0.2) is 0 Å². The number of aliphatic hydroxyl groups is 1. The molecule has 1 aliphatic rings. The van der Waals surface area contributed by atoms with Crippen LogP contribution in [0.5, 0.6) is 0 Å². The minimum atomic E-state index is -0.334. The fraction of sp³-hybridized carbons (Fsp3) is 1.00. The number of aliphatic hydroxyl groups excluding tert-OH is 1. The van der Waals surface area contributed by atoms with Crippen molar-refractivity contribution in [1.82, 2.24) is 5.06 Å². The molecule has 1 aliphatic heterocycles. The molecular weight excluding hydrogens is 118 g/mol. The van der Waals surface area contributed by atoms with Gasteiger partial charge in [-0.15, -0.1) is 0 Å². The minimum absolute atomic E-state index is 0.334. The SMILES string of the molecule is CC1C[C@@H](O)CN(O)C1. The molecule has 2 atom stereocenters. The molecule has 1 fully saturated rings. The topological polar surface area (TPSA) is 43.7 Å². The molecule has 0 aromatic heterocycles. The van der Waals surface area contributed by atoms with Crippen molar-refractivity contribution in [2.45, 2.75) is 19.4 Å². The molecule has 0 spiro atoms. The smallest absolute Gasteiger partial charge is 0.0693 e. The summed E-state index contributed by atoms with van der Waals surface area (Å²) in [7, 11) is 0. The van der Waals surface area contributed by atoms with E-state index in [2.05, 4.69) is 0 Å². The summed E-state index contributed by atoms with van der Waals surface area (Å²) >= 11 is 0. The van der Waals surface area contributed by atoms with Gasteiger partial charge in [-0.1, -0.05) is 6.92 Å². The highest BCUT2D eigenvalue weighted by molar-refractivity contribution is 4.70. The lowest BCUT2D eigenvalue weighted by Gasteiger charge is -2.29. The third kappa shape index (κ3) is 1.93. The number of hydroxylamine groups is 2. The van der Waals surface area contributed by atoms with Crippen LogP contribution in [0.15, 0.2) is 0 Å². The Morgan fingerprint density at radius 3 is 2.56 bits per heavy atom. The summed E-state index contributed by atoms with van der Waals surface area (Å²) in [5, 5.41) is 19.2. The van der Waals surface area contributed by atoms with E-state index in [1.165, 1.54) is 5.06 Å². The highest BCUT2D eigenvalue weighted by Gasteiger charge is 2.20. The Kier molecular flexibility index (Phi) is 2.05. The molecule has 0 radical (unpaired) electrons. The second-order valence-electron chi connectivity index (χ2n) is 2.87. The van der Waals surface area contributed by atoms with Crippen molar-refractivity contribution in [3.05, 3.63) is 0 Å². The molecule has 0 saturated carbocycles. The molecule has 1 heterocycles. The standard InChI is InChI=1S/C6H13NO2/c1-5-2-6(8)4-7(9)3-5/h5-6,8-9H,2-4H2,1H3/t5?,6-/m1/s1. The predicted molar refractivity (Wildman–Crippen MR) is 33.1 cm³/mol. The molecular formula is C6H13NO2. The Balaban J connectivity index is 2.34. The number of hydrogen-bond acceptors (Lipinski definition) is 3. The van der Waals surface area contributed by atoms with Gasteiger partial charge in [0, 0.05) is 13.1 Å². The Hall–Kier alpha value is -0.120. The van der Waals surface area contributed by atoms with Crippen molar-refractivity contribution in [3.8, 4) is 0 Å². The van der Waals surface area contributed by atoms with Gasteiger partial charge in [0.25, 0.3) is 0 Å². The molecule has 1 saturated heterocycles. The fourth-order valence-electron chi connectivity index (χ4n) is 1.29. The predicted octanol–water partition coefficient (Wildman–Crippen LogP) is 0.0783. The van der Waals surface area contributed by atoms with Crippen LogP contribution in [0.1, 0.15) is 13.3 Å². The Morgan fingerprint density at radius 1 is 1.44 bits per heavy atom. The lowest BCUT2D eigenvalue weighted by atomic mass is 10.00. The summed E-state index contributed by atoms with van der Waals surface area (Å²) in [5.41, 5.74) is 0. The van der Waals surface area contributed by atoms with Gasteiger partial charge >= 0.3 is 0 Å². The summed E-state index contributed by atoms with van der Waals surface area (Å²) in [6.45, 7) is 3.12. The summed E-state index contributed by atoms with van der Waals surface area (Å²) in [6, 6.07) is 0. The first-order valence-corrected chi connectivity index (χ1v) is 3.30. The fourth-order valence-corrected chi connectivity index (χ4v) is 1.29. The number of rotatable bonds is 0. The van der Waals surface area contributed by atoms with E-state index in [-0.39, 0.29) is 6.10 Å². The van der Waals surface area contributed by atoms with Crippen LogP contribution in [0, 0.1) is 5.92 Å². The normalized spacial score (nSPS) is 39.0. The molecule has 0 aliphatic carbocycles. The van der Waals surface area contributed by atoms with Crippen molar-refractivity contribution in [1.29, 1.82) is 0 Å². The van der Waals surface area contributed by atoms with Gasteiger partial charge in [0.2, 0.25) is 0 Å².